The van der Waals surface area contributed by atoms with Crippen LogP contribution in [0.4, 0.5) is 5.69 Å². The highest BCUT2D eigenvalue weighted by atomic mass is 35.5. The van der Waals surface area contributed by atoms with E-state index < -0.39 is 10.0 Å². The summed E-state index contributed by atoms with van der Waals surface area (Å²) in [4.78, 5) is 4.42. The number of hydrogen-bond donors (Lipinski definition) is 2. The van der Waals surface area contributed by atoms with Crippen molar-refractivity contribution in [3.63, 3.8) is 0 Å². The molecule has 0 aromatic heterocycles. The number of guanidine groups is 1. The minimum atomic E-state index is -3.66. The van der Waals surface area contributed by atoms with Gasteiger partial charge in [-0.15, -0.1) is 0 Å². The average molecular weight is 352 g/mol. The maximum atomic E-state index is 12.2. The summed E-state index contributed by atoms with van der Waals surface area (Å²) in [5, 5.41) is 3.38. The fourth-order valence-electron chi connectivity index (χ4n) is 2.24. The van der Waals surface area contributed by atoms with Crippen LogP contribution >= 0.6 is 11.6 Å². The molecule has 6 nitrogen and oxygen atoms in total. The normalized spacial score (nSPS) is 17.0. The second-order valence-electron chi connectivity index (χ2n) is 4.85. The Labute approximate surface area is 139 Å². The van der Waals surface area contributed by atoms with E-state index in [1.807, 2.05) is 24.3 Å². The fourth-order valence-corrected chi connectivity index (χ4v) is 3.54. The minimum Gasteiger partial charge on any atom is -0.496 e. The molecule has 0 fully saturated rings. The van der Waals surface area contributed by atoms with Gasteiger partial charge in [0.1, 0.15) is 10.6 Å². The van der Waals surface area contributed by atoms with Crippen molar-refractivity contribution in [1.82, 2.24) is 4.72 Å². The molecule has 0 radical (unpaired) electrons. The lowest BCUT2D eigenvalue weighted by atomic mass is 10.2. The van der Waals surface area contributed by atoms with Crippen LogP contribution in [0.3, 0.4) is 0 Å². The Kier molecular flexibility index (Phi) is 4.14. The van der Waals surface area contributed by atoms with Gasteiger partial charge in [-0.3, -0.25) is 0 Å². The molecule has 0 bridgehead atoms. The van der Waals surface area contributed by atoms with Gasteiger partial charge in [0.05, 0.1) is 19.3 Å². The Hall–Kier alpha value is -2.25. The van der Waals surface area contributed by atoms with E-state index in [9.17, 15) is 8.42 Å². The largest absolute Gasteiger partial charge is 0.496 e. The molecule has 0 unspecified atom stereocenters. The van der Waals surface area contributed by atoms with Crippen molar-refractivity contribution in [2.75, 3.05) is 12.4 Å². The zero-order valence-corrected chi connectivity index (χ0v) is 13.8. The number of hydrogen-bond acceptors (Lipinski definition) is 4. The molecule has 3 rings (SSSR count). The van der Waals surface area contributed by atoms with Crippen LogP contribution in [-0.2, 0) is 16.6 Å². The summed E-state index contributed by atoms with van der Waals surface area (Å²) < 4.78 is 32.1. The number of rotatable bonds is 3. The first kappa shape index (κ1) is 15.6. The zero-order valence-electron chi connectivity index (χ0n) is 12.2. The van der Waals surface area contributed by atoms with Crippen molar-refractivity contribution >= 4 is 33.3 Å². The van der Waals surface area contributed by atoms with Crippen molar-refractivity contribution in [3.05, 3.63) is 53.1 Å². The number of benzene rings is 2. The molecule has 0 atom stereocenters. The molecule has 8 heteroatoms. The van der Waals surface area contributed by atoms with E-state index >= 15 is 0 Å². The van der Waals surface area contributed by atoms with Gasteiger partial charge in [0.25, 0.3) is 10.0 Å². The van der Waals surface area contributed by atoms with Gasteiger partial charge >= 0.3 is 0 Å². The first-order valence-corrected chi connectivity index (χ1v) is 8.61. The molecular formula is C15H14ClN3O3S. The standard InChI is InChI=1S/C15H14ClN3O3S/c1-22-13-5-3-2-4-10(13)9-17-15-18-12-8-11(16)6-7-14(12)23(20,21)19-15/h2-8H,9H2,1H3,(H2,17,18,19). The smallest absolute Gasteiger partial charge is 0.266 e. The summed E-state index contributed by atoms with van der Waals surface area (Å²) in [6, 6.07) is 11.9. The van der Waals surface area contributed by atoms with Gasteiger partial charge in [0, 0.05) is 10.6 Å². The van der Waals surface area contributed by atoms with Gasteiger partial charge in [-0.25, -0.2) is 18.1 Å². The monoisotopic (exact) mass is 351 g/mol. The van der Waals surface area contributed by atoms with Crippen LogP contribution in [0.5, 0.6) is 5.75 Å². The molecule has 0 aliphatic carbocycles. The first-order chi connectivity index (χ1) is 11.0. The molecule has 2 N–H and O–H groups in total. The van der Waals surface area contributed by atoms with Crippen LogP contribution in [0.2, 0.25) is 5.02 Å². The number of sulfonamides is 1. The third-order valence-corrected chi connectivity index (χ3v) is 4.95. The van der Waals surface area contributed by atoms with Crippen LogP contribution < -0.4 is 14.8 Å². The molecule has 1 heterocycles. The van der Waals surface area contributed by atoms with E-state index in [1.54, 1.807) is 13.2 Å². The maximum absolute atomic E-state index is 12.2. The molecule has 23 heavy (non-hydrogen) atoms. The molecule has 1 aliphatic rings. The number of methoxy groups -OCH3 is 1. The van der Waals surface area contributed by atoms with Crippen LogP contribution in [0.1, 0.15) is 5.56 Å². The highest BCUT2D eigenvalue weighted by Crippen LogP contribution is 2.28. The lowest BCUT2D eigenvalue weighted by Gasteiger charge is -2.21. The summed E-state index contributed by atoms with van der Waals surface area (Å²) in [6.07, 6.45) is 0. The van der Waals surface area contributed by atoms with Gasteiger partial charge in [-0.1, -0.05) is 29.8 Å². The molecule has 0 saturated carbocycles. The third-order valence-electron chi connectivity index (χ3n) is 3.32. The predicted octanol–water partition coefficient (Wildman–Crippen LogP) is 2.61. The lowest BCUT2D eigenvalue weighted by Crippen LogP contribution is -2.40. The summed E-state index contributed by atoms with van der Waals surface area (Å²) in [5.74, 6) is 0.838. The topological polar surface area (TPSA) is 79.8 Å². The van der Waals surface area contributed by atoms with Gasteiger partial charge < -0.3 is 10.1 Å². The second kappa shape index (κ2) is 6.10. The SMILES string of the molecule is COc1ccccc1CN=C1Nc2cc(Cl)ccc2S(=O)(=O)N1. The summed E-state index contributed by atoms with van der Waals surface area (Å²) in [5.41, 5.74) is 1.25. The van der Waals surface area contributed by atoms with Crippen molar-refractivity contribution in [3.8, 4) is 5.75 Å². The maximum Gasteiger partial charge on any atom is 0.266 e. The van der Waals surface area contributed by atoms with Crippen LogP contribution in [0.15, 0.2) is 52.4 Å². The molecular weight excluding hydrogens is 338 g/mol. The van der Waals surface area contributed by atoms with Gasteiger partial charge in [-0.2, -0.15) is 0 Å². The number of anilines is 1. The Balaban J connectivity index is 1.90. The summed E-state index contributed by atoms with van der Waals surface area (Å²) in [6.45, 7) is 0.269. The predicted molar refractivity (Wildman–Crippen MR) is 89.5 cm³/mol. The number of fused-ring (bicyclic) bond motifs is 1. The number of halogens is 1. The van der Waals surface area contributed by atoms with E-state index in [4.69, 9.17) is 16.3 Å². The first-order valence-electron chi connectivity index (χ1n) is 6.75. The highest BCUT2D eigenvalue weighted by Gasteiger charge is 2.26. The van der Waals surface area contributed by atoms with Crippen LogP contribution in [0, 0.1) is 0 Å². The zero-order chi connectivity index (χ0) is 16.4. The van der Waals surface area contributed by atoms with Gasteiger partial charge in [0.15, 0.2) is 0 Å². The summed E-state index contributed by atoms with van der Waals surface area (Å²) in [7, 11) is -2.09. The molecule has 0 amide bonds. The Morgan fingerprint density at radius 2 is 2.00 bits per heavy atom. The van der Waals surface area contributed by atoms with Crippen molar-refractivity contribution in [2.24, 2.45) is 4.99 Å². The third kappa shape index (κ3) is 3.25. The van der Waals surface area contributed by atoms with E-state index in [0.717, 1.165) is 5.56 Å². The van der Waals surface area contributed by atoms with E-state index in [1.165, 1.54) is 12.1 Å². The number of para-hydroxylation sites is 1. The minimum absolute atomic E-state index is 0.137. The lowest BCUT2D eigenvalue weighted by molar-refractivity contribution is 0.410. The number of aliphatic imine (C=N–C) groups is 1. The Morgan fingerprint density at radius 3 is 2.78 bits per heavy atom. The number of ether oxygens (including phenoxy) is 1. The van der Waals surface area contributed by atoms with Crippen molar-refractivity contribution in [1.29, 1.82) is 0 Å². The van der Waals surface area contributed by atoms with Crippen molar-refractivity contribution in [2.45, 2.75) is 11.4 Å². The van der Waals surface area contributed by atoms with E-state index in [0.29, 0.717) is 16.5 Å². The van der Waals surface area contributed by atoms with Gasteiger partial charge in [0.2, 0.25) is 5.96 Å². The Morgan fingerprint density at radius 1 is 1.22 bits per heavy atom. The van der Waals surface area contributed by atoms with Crippen LogP contribution in [-0.4, -0.2) is 21.5 Å². The van der Waals surface area contributed by atoms with Crippen LogP contribution in [0.25, 0.3) is 0 Å². The van der Waals surface area contributed by atoms with Gasteiger partial charge in [-0.05, 0) is 24.3 Å². The quantitative estimate of drug-likeness (QED) is 0.890. The second-order valence-corrected chi connectivity index (χ2v) is 6.93. The highest BCUT2D eigenvalue weighted by molar-refractivity contribution is 7.90. The Bertz CT molecular complexity index is 881. The summed E-state index contributed by atoms with van der Waals surface area (Å²) >= 11 is 5.92. The molecule has 0 spiro atoms. The van der Waals surface area contributed by atoms with Crippen molar-refractivity contribution < 1.29 is 13.2 Å². The molecule has 0 saturated heterocycles. The molecule has 120 valence electrons. The molecule has 1 aliphatic heterocycles. The fraction of sp³-hybridized carbons (Fsp3) is 0.133. The molecule has 2 aromatic rings. The number of nitrogens with one attached hydrogen (secondary N) is 2. The van der Waals surface area contributed by atoms with E-state index in [2.05, 4.69) is 15.0 Å². The van der Waals surface area contributed by atoms with E-state index in [-0.39, 0.29) is 17.4 Å². The number of nitrogens with zero attached hydrogens (tertiary/aromatic N) is 1. The molecule has 2 aromatic carbocycles. The average Bonchev–Trinajstić information content (AvgIpc) is 2.52.